The Morgan fingerprint density at radius 2 is 1.62 bits per heavy atom. The van der Waals surface area contributed by atoms with Crippen LogP contribution in [0.3, 0.4) is 0 Å². The van der Waals surface area contributed by atoms with Crippen molar-refractivity contribution >= 4 is 5.97 Å². The number of alkyl halides is 3. The quantitative estimate of drug-likeness (QED) is 0.609. The zero-order valence-corrected chi connectivity index (χ0v) is 7.20. The van der Waals surface area contributed by atoms with Crippen LogP contribution in [0.2, 0.25) is 0 Å². The molecular weight excluding hydrogens is 242 g/mol. The van der Waals surface area contributed by atoms with Crippen LogP contribution in [-0.4, -0.2) is 11.1 Å². The van der Waals surface area contributed by atoms with Crippen molar-refractivity contribution < 1.29 is 36.2 Å². The molecule has 1 aromatic rings. The van der Waals surface area contributed by atoms with Crippen molar-refractivity contribution in [1.82, 2.24) is 0 Å². The smallest absolute Gasteiger partial charge is 0.419 e. The minimum atomic E-state index is -5.30. The van der Waals surface area contributed by atoms with E-state index in [0.29, 0.717) is 0 Å². The Bertz CT molecular complexity index is 451. The zero-order valence-electron chi connectivity index (χ0n) is 7.20. The van der Waals surface area contributed by atoms with E-state index in [0.717, 1.165) is 0 Å². The van der Waals surface area contributed by atoms with Gasteiger partial charge in [0.05, 0.1) is 5.56 Å². The Balaban J connectivity index is 3.64. The lowest BCUT2D eigenvalue weighted by molar-refractivity contribution is -0.140. The number of carbonyl (C=O) groups is 1. The molecule has 0 saturated carbocycles. The monoisotopic (exact) mass is 244 g/mol. The van der Waals surface area contributed by atoms with Crippen LogP contribution in [0.1, 0.15) is 15.9 Å². The van der Waals surface area contributed by atoms with Crippen molar-refractivity contribution in [3.63, 3.8) is 0 Å². The molecule has 0 atom stereocenters. The van der Waals surface area contributed by atoms with Crippen LogP contribution >= 0.6 is 0 Å². The molecule has 0 heterocycles. The third-order valence-electron chi connectivity index (χ3n) is 1.68. The first-order chi connectivity index (χ1) is 7.16. The normalized spacial score (nSPS) is 11.6. The Morgan fingerprint density at radius 3 is 2.00 bits per heavy atom. The van der Waals surface area contributed by atoms with Crippen LogP contribution in [0.15, 0.2) is 6.07 Å². The second-order valence-electron chi connectivity index (χ2n) is 2.71. The molecule has 0 fully saturated rings. The van der Waals surface area contributed by atoms with Gasteiger partial charge in [0.1, 0.15) is 5.56 Å². The molecular formula is C8H2F6O2. The lowest BCUT2D eigenvalue weighted by atomic mass is 10.1. The summed E-state index contributed by atoms with van der Waals surface area (Å²) < 4.78 is 74.5. The van der Waals surface area contributed by atoms with Gasteiger partial charge in [0.2, 0.25) is 0 Å². The molecule has 1 aromatic carbocycles. The Morgan fingerprint density at radius 1 is 1.12 bits per heavy atom. The molecule has 2 nitrogen and oxygen atoms in total. The van der Waals surface area contributed by atoms with Gasteiger partial charge in [0, 0.05) is 0 Å². The van der Waals surface area contributed by atoms with Gasteiger partial charge in [-0.15, -0.1) is 0 Å². The molecule has 1 N–H and O–H groups in total. The first kappa shape index (κ1) is 12.3. The Kier molecular flexibility index (Phi) is 2.85. The van der Waals surface area contributed by atoms with E-state index in [1.54, 1.807) is 0 Å². The summed E-state index contributed by atoms with van der Waals surface area (Å²) in [6, 6.07) is -0.433. The highest BCUT2D eigenvalue weighted by Gasteiger charge is 2.38. The van der Waals surface area contributed by atoms with Gasteiger partial charge in [-0.2, -0.15) is 13.2 Å². The zero-order chi connectivity index (χ0) is 12.7. The van der Waals surface area contributed by atoms with Gasteiger partial charge in [-0.25, -0.2) is 18.0 Å². The summed E-state index contributed by atoms with van der Waals surface area (Å²) in [7, 11) is 0. The molecule has 0 amide bonds. The number of carboxylic acids is 1. The largest absolute Gasteiger partial charge is 0.477 e. The predicted molar refractivity (Wildman–Crippen MR) is 38.3 cm³/mol. The summed E-state index contributed by atoms with van der Waals surface area (Å²) in [5.41, 5.74) is -4.13. The molecule has 8 heteroatoms. The molecule has 0 radical (unpaired) electrons. The van der Waals surface area contributed by atoms with E-state index in [4.69, 9.17) is 5.11 Å². The molecule has 0 bridgehead atoms. The van der Waals surface area contributed by atoms with Crippen molar-refractivity contribution in [2.24, 2.45) is 0 Å². The summed E-state index contributed by atoms with van der Waals surface area (Å²) in [4.78, 5) is 10.3. The Hall–Kier alpha value is -1.73. The highest BCUT2D eigenvalue weighted by Crippen LogP contribution is 2.34. The van der Waals surface area contributed by atoms with Crippen LogP contribution in [0.5, 0.6) is 0 Å². The maximum Gasteiger partial charge on any atom is 0.419 e. The molecule has 0 aliphatic heterocycles. The van der Waals surface area contributed by atoms with Gasteiger partial charge in [-0.3, -0.25) is 0 Å². The van der Waals surface area contributed by atoms with Crippen molar-refractivity contribution in [3.05, 3.63) is 34.6 Å². The van der Waals surface area contributed by atoms with Gasteiger partial charge in [0.15, 0.2) is 17.5 Å². The molecule has 1 rings (SSSR count). The summed E-state index contributed by atoms with van der Waals surface area (Å²) in [5.74, 6) is -8.91. The fourth-order valence-corrected chi connectivity index (χ4v) is 0.998. The van der Waals surface area contributed by atoms with Crippen LogP contribution in [-0.2, 0) is 6.18 Å². The van der Waals surface area contributed by atoms with Gasteiger partial charge in [-0.1, -0.05) is 0 Å². The summed E-state index contributed by atoms with van der Waals surface area (Å²) in [6.45, 7) is 0. The first-order valence-electron chi connectivity index (χ1n) is 3.64. The number of aromatic carboxylic acids is 1. The average Bonchev–Trinajstić information content (AvgIpc) is 2.09. The van der Waals surface area contributed by atoms with Crippen molar-refractivity contribution in [3.8, 4) is 0 Å². The molecule has 88 valence electrons. The molecule has 0 aliphatic carbocycles. The first-order valence-corrected chi connectivity index (χ1v) is 3.64. The molecule has 16 heavy (non-hydrogen) atoms. The summed E-state index contributed by atoms with van der Waals surface area (Å²) in [5, 5.41) is 8.25. The summed E-state index contributed by atoms with van der Waals surface area (Å²) >= 11 is 0. The second kappa shape index (κ2) is 3.69. The van der Waals surface area contributed by atoms with Gasteiger partial charge < -0.3 is 5.11 Å². The third kappa shape index (κ3) is 1.95. The van der Waals surface area contributed by atoms with E-state index in [1.165, 1.54) is 0 Å². The van der Waals surface area contributed by atoms with E-state index >= 15 is 0 Å². The topological polar surface area (TPSA) is 37.3 Å². The molecule has 0 aromatic heterocycles. The Labute approximate surface area is 84.1 Å². The standard InChI is InChI=1S/C8H2F6O2/c9-3-1-2(8(12,13)14)5(10)4(6(3)11)7(15)16/h1H,(H,15,16). The highest BCUT2D eigenvalue weighted by molar-refractivity contribution is 5.88. The van der Waals surface area contributed by atoms with Crippen molar-refractivity contribution in [2.75, 3.05) is 0 Å². The molecule has 0 aliphatic rings. The van der Waals surface area contributed by atoms with Gasteiger partial charge in [-0.05, 0) is 6.07 Å². The lowest BCUT2D eigenvalue weighted by Gasteiger charge is -2.10. The van der Waals surface area contributed by atoms with Crippen LogP contribution in [0.25, 0.3) is 0 Å². The lowest BCUT2D eigenvalue weighted by Crippen LogP contribution is -2.15. The SMILES string of the molecule is O=C(O)c1c(F)c(F)cc(C(F)(F)F)c1F. The third-order valence-corrected chi connectivity index (χ3v) is 1.68. The number of rotatable bonds is 1. The van der Waals surface area contributed by atoms with E-state index in [2.05, 4.69) is 0 Å². The van der Waals surface area contributed by atoms with E-state index < -0.39 is 46.8 Å². The molecule has 0 saturated heterocycles. The number of benzene rings is 1. The maximum atomic E-state index is 13.0. The predicted octanol–water partition coefficient (Wildman–Crippen LogP) is 2.82. The van der Waals surface area contributed by atoms with Crippen molar-refractivity contribution in [2.45, 2.75) is 6.18 Å². The average molecular weight is 244 g/mol. The second-order valence-corrected chi connectivity index (χ2v) is 2.71. The van der Waals surface area contributed by atoms with E-state index in [-0.39, 0.29) is 0 Å². The van der Waals surface area contributed by atoms with Crippen LogP contribution in [0, 0.1) is 17.5 Å². The molecule has 0 spiro atoms. The minimum Gasteiger partial charge on any atom is -0.477 e. The fourth-order valence-electron chi connectivity index (χ4n) is 0.998. The maximum absolute atomic E-state index is 13.0. The number of hydrogen-bond donors (Lipinski definition) is 1. The number of hydrogen-bond acceptors (Lipinski definition) is 1. The van der Waals surface area contributed by atoms with E-state index in [9.17, 15) is 31.1 Å². The van der Waals surface area contributed by atoms with Crippen LogP contribution < -0.4 is 0 Å². The van der Waals surface area contributed by atoms with Gasteiger partial charge in [0.25, 0.3) is 0 Å². The summed E-state index contributed by atoms with van der Waals surface area (Å²) in [6.07, 6.45) is -5.30. The number of halogens is 6. The van der Waals surface area contributed by atoms with Gasteiger partial charge >= 0.3 is 12.1 Å². The van der Waals surface area contributed by atoms with Crippen LogP contribution in [0.4, 0.5) is 26.3 Å². The minimum absolute atomic E-state index is 0.433. The fraction of sp³-hybridized carbons (Fsp3) is 0.125. The van der Waals surface area contributed by atoms with Crippen molar-refractivity contribution in [1.29, 1.82) is 0 Å². The number of carboxylic acid groups (broad SMARTS) is 1. The highest BCUT2D eigenvalue weighted by atomic mass is 19.4. The molecule has 0 unspecified atom stereocenters. The van der Waals surface area contributed by atoms with E-state index in [1.807, 2.05) is 0 Å².